The second kappa shape index (κ2) is 6.49. The molecule has 1 rings (SSSR count). The van der Waals surface area contributed by atoms with Crippen LogP contribution in [-0.4, -0.2) is 46.6 Å². The van der Waals surface area contributed by atoms with Gasteiger partial charge in [0.05, 0.1) is 0 Å². The molecule has 6 nitrogen and oxygen atoms in total. The van der Waals surface area contributed by atoms with Crippen molar-refractivity contribution in [2.45, 2.75) is 51.7 Å². The van der Waals surface area contributed by atoms with Gasteiger partial charge in [-0.05, 0) is 34.1 Å². The molecule has 1 aromatic rings. The van der Waals surface area contributed by atoms with Gasteiger partial charge in [0.15, 0.2) is 5.03 Å². The van der Waals surface area contributed by atoms with Crippen LogP contribution in [0.5, 0.6) is 0 Å². The zero-order chi connectivity index (χ0) is 14.6. The lowest BCUT2D eigenvalue weighted by Crippen LogP contribution is -2.38. The van der Waals surface area contributed by atoms with Crippen LogP contribution < -0.4 is 0 Å². The van der Waals surface area contributed by atoms with Crippen molar-refractivity contribution in [3.05, 3.63) is 12.0 Å². The number of sulfonamides is 1. The van der Waals surface area contributed by atoms with Crippen molar-refractivity contribution < 1.29 is 13.5 Å². The molecule has 1 aromatic heterocycles. The van der Waals surface area contributed by atoms with Crippen molar-refractivity contribution >= 4 is 10.0 Å². The van der Waals surface area contributed by atoms with Crippen LogP contribution in [0.25, 0.3) is 0 Å². The Balaban J connectivity index is 3.11. The third-order valence-electron chi connectivity index (χ3n) is 2.98. The molecule has 0 aliphatic heterocycles. The van der Waals surface area contributed by atoms with Crippen molar-refractivity contribution in [1.29, 1.82) is 0 Å². The number of rotatable bonds is 7. The minimum atomic E-state index is -3.59. The summed E-state index contributed by atoms with van der Waals surface area (Å²) in [4.78, 5) is 4.14. The Hall–Kier alpha value is -0.920. The highest BCUT2D eigenvalue weighted by Gasteiger charge is 2.29. The van der Waals surface area contributed by atoms with Crippen LogP contribution in [0.15, 0.2) is 11.2 Å². The maximum atomic E-state index is 12.5. The Morgan fingerprint density at radius 3 is 2.53 bits per heavy atom. The molecule has 1 N–H and O–H groups in total. The smallest absolute Gasteiger partial charge is 0.262 e. The number of hydrogen-bond acceptors (Lipinski definition) is 4. The van der Waals surface area contributed by atoms with Gasteiger partial charge < -0.3 is 9.67 Å². The number of aliphatic hydroxyl groups excluding tert-OH is 1. The molecule has 110 valence electrons. The molecule has 0 unspecified atom stereocenters. The normalized spacial score (nSPS) is 12.6. The van der Waals surface area contributed by atoms with E-state index >= 15 is 0 Å². The van der Waals surface area contributed by atoms with Gasteiger partial charge in [-0.25, -0.2) is 13.4 Å². The predicted molar refractivity (Wildman–Crippen MR) is 73.4 cm³/mol. The number of imidazole rings is 1. The van der Waals surface area contributed by atoms with Crippen molar-refractivity contribution in [2.24, 2.45) is 0 Å². The van der Waals surface area contributed by atoms with Crippen LogP contribution in [0.4, 0.5) is 0 Å². The molecule has 0 fully saturated rings. The molecule has 0 spiro atoms. The van der Waals surface area contributed by atoms with Crippen LogP contribution in [0, 0.1) is 6.92 Å². The van der Waals surface area contributed by atoms with Crippen LogP contribution in [0.1, 0.15) is 33.0 Å². The highest BCUT2D eigenvalue weighted by molar-refractivity contribution is 7.89. The third kappa shape index (κ3) is 3.55. The monoisotopic (exact) mass is 289 g/mol. The first kappa shape index (κ1) is 16.1. The lowest BCUT2D eigenvalue weighted by molar-refractivity contribution is 0.258. The Morgan fingerprint density at radius 2 is 2.11 bits per heavy atom. The van der Waals surface area contributed by atoms with Crippen LogP contribution >= 0.6 is 0 Å². The fourth-order valence-electron chi connectivity index (χ4n) is 1.93. The van der Waals surface area contributed by atoms with E-state index in [1.807, 2.05) is 20.8 Å². The molecule has 0 aliphatic carbocycles. The zero-order valence-electron chi connectivity index (χ0n) is 12.0. The van der Waals surface area contributed by atoms with E-state index < -0.39 is 10.0 Å². The van der Waals surface area contributed by atoms with Crippen molar-refractivity contribution in [1.82, 2.24) is 13.9 Å². The largest absolute Gasteiger partial charge is 0.396 e. The summed E-state index contributed by atoms with van der Waals surface area (Å²) in [5.74, 6) is 0.687. The topological polar surface area (TPSA) is 75.4 Å². The van der Waals surface area contributed by atoms with Crippen molar-refractivity contribution in [3.8, 4) is 0 Å². The first-order chi connectivity index (χ1) is 8.84. The fraction of sp³-hybridized carbons (Fsp3) is 0.750. The Kier molecular flexibility index (Phi) is 5.51. The molecule has 0 saturated heterocycles. The average Bonchev–Trinajstić information content (AvgIpc) is 2.71. The average molecular weight is 289 g/mol. The van der Waals surface area contributed by atoms with Gasteiger partial charge >= 0.3 is 0 Å². The Labute approximate surface area is 115 Å². The number of hydrogen-bond donors (Lipinski definition) is 1. The van der Waals surface area contributed by atoms with E-state index in [0.717, 1.165) is 0 Å². The van der Waals surface area contributed by atoms with Crippen LogP contribution in [0.2, 0.25) is 0 Å². The quantitative estimate of drug-likeness (QED) is 0.812. The van der Waals surface area contributed by atoms with Gasteiger partial charge in [-0.15, -0.1) is 0 Å². The Morgan fingerprint density at radius 1 is 1.47 bits per heavy atom. The molecule has 0 amide bonds. The van der Waals surface area contributed by atoms with E-state index in [1.165, 1.54) is 4.31 Å². The highest BCUT2D eigenvalue weighted by atomic mass is 32.2. The summed E-state index contributed by atoms with van der Waals surface area (Å²) >= 11 is 0. The number of nitrogens with zero attached hydrogens (tertiary/aromatic N) is 3. The molecule has 0 bridgehead atoms. The van der Waals surface area contributed by atoms with E-state index in [2.05, 4.69) is 4.98 Å². The summed E-state index contributed by atoms with van der Waals surface area (Å²) < 4.78 is 28.2. The number of aromatic nitrogens is 2. The van der Waals surface area contributed by atoms with Gasteiger partial charge in [0.2, 0.25) is 0 Å². The molecular weight excluding hydrogens is 266 g/mol. The maximum absolute atomic E-state index is 12.5. The first-order valence-electron chi connectivity index (χ1n) is 6.51. The molecule has 0 radical (unpaired) electrons. The van der Waals surface area contributed by atoms with Crippen molar-refractivity contribution in [2.75, 3.05) is 13.2 Å². The summed E-state index contributed by atoms with van der Waals surface area (Å²) in [7, 11) is -3.59. The molecular formula is C12H23N3O3S. The predicted octanol–water partition coefficient (Wildman–Crippen LogP) is 0.993. The van der Waals surface area contributed by atoms with E-state index in [9.17, 15) is 8.42 Å². The van der Waals surface area contributed by atoms with Gasteiger partial charge in [0.1, 0.15) is 5.82 Å². The van der Waals surface area contributed by atoms with E-state index in [0.29, 0.717) is 25.3 Å². The van der Waals surface area contributed by atoms with Gasteiger partial charge in [0, 0.05) is 31.9 Å². The van der Waals surface area contributed by atoms with E-state index in [-0.39, 0.29) is 17.7 Å². The van der Waals surface area contributed by atoms with Gasteiger partial charge in [-0.3, -0.25) is 0 Å². The minimum Gasteiger partial charge on any atom is -0.396 e. The maximum Gasteiger partial charge on any atom is 0.262 e. The standard InChI is InChI=1S/C12H23N3O3S/c1-5-14-9-12(13-11(14)4)19(17,18)15(10(2)3)7-6-8-16/h9-10,16H,5-8H2,1-4H3. The first-order valence-corrected chi connectivity index (χ1v) is 7.95. The van der Waals surface area contributed by atoms with Crippen molar-refractivity contribution in [3.63, 3.8) is 0 Å². The lowest BCUT2D eigenvalue weighted by atomic mass is 10.3. The summed E-state index contributed by atoms with van der Waals surface area (Å²) in [6, 6.07) is -0.163. The second-order valence-corrected chi connectivity index (χ2v) is 6.54. The Bertz CT molecular complexity index is 508. The van der Waals surface area contributed by atoms with Crippen LogP contribution in [-0.2, 0) is 16.6 Å². The molecule has 0 saturated carbocycles. The number of aliphatic hydroxyl groups is 1. The molecule has 0 aliphatic rings. The van der Waals surface area contributed by atoms with E-state index in [4.69, 9.17) is 5.11 Å². The summed E-state index contributed by atoms with van der Waals surface area (Å²) in [5, 5.41) is 8.96. The molecule has 1 heterocycles. The summed E-state index contributed by atoms with van der Waals surface area (Å²) in [5.41, 5.74) is 0. The zero-order valence-corrected chi connectivity index (χ0v) is 12.8. The highest BCUT2D eigenvalue weighted by Crippen LogP contribution is 2.18. The third-order valence-corrected chi connectivity index (χ3v) is 4.93. The van der Waals surface area contributed by atoms with Gasteiger partial charge in [0.25, 0.3) is 10.0 Å². The van der Waals surface area contributed by atoms with E-state index in [1.54, 1.807) is 17.7 Å². The molecule has 7 heteroatoms. The number of aryl methyl sites for hydroxylation is 2. The SMILES string of the molecule is CCn1cc(S(=O)(=O)N(CCCO)C(C)C)nc1C. The van der Waals surface area contributed by atoms with Gasteiger partial charge in [-0.2, -0.15) is 4.31 Å². The fourth-order valence-corrected chi connectivity index (χ4v) is 3.60. The summed E-state index contributed by atoms with van der Waals surface area (Å²) in [6.45, 7) is 8.33. The minimum absolute atomic E-state index is 0.0266. The summed E-state index contributed by atoms with van der Waals surface area (Å²) in [6.07, 6.45) is 1.99. The molecule has 0 aromatic carbocycles. The molecule has 19 heavy (non-hydrogen) atoms. The van der Waals surface area contributed by atoms with Crippen LogP contribution in [0.3, 0.4) is 0 Å². The lowest BCUT2D eigenvalue weighted by Gasteiger charge is -2.24. The van der Waals surface area contributed by atoms with Gasteiger partial charge in [-0.1, -0.05) is 0 Å². The molecule has 0 atom stereocenters. The second-order valence-electron chi connectivity index (χ2n) is 4.70.